The molecule has 3 aromatic rings. The normalized spacial score (nSPS) is 18.8. The van der Waals surface area contributed by atoms with E-state index in [9.17, 15) is 4.79 Å². The molecule has 0 bridgehead atoms. The first kappa shape index (κ1) is 23.9. The minimum absolute atomic E-state index is 0.166. The fourth-order valence-corrected chi connectivity index (χ4v) is 5.62. The summed E-state index contributed by atoms with van der Waals surface area (Å²) >= 11 is 0. The number of carbonyl (C=O) groups excluding carboxylic acids is 1. The fourth-order valence-electron chi connectivity index (χ4n) is 5.62. The Morgan fingerprint density at radius 3 is 2.37 bits per heavy atom. The van der Waals surface area contributed by atoms with Gasteiger partial charge in [-0.2, -0.15) is 0 Å². The maximum Gasteiger partial charge on any atom is 0.253 e. The number of hydrogen-bond donors (Lipinski definition) is 1. The van der Waals surface area contributed by atoms with Crippen LogP contribution < -0.4 is 10.2 Å². The van der Waals surface area contributed by atoms with Gasteiger partial charge in [-0.15, -0.1) is 0 Å². The predicted octanol–water partition coefficient (Wildman–Crippen LogP) is 4.07. The molecule has 1 N–H and O–H groups in total. The number of hydrogen-bond acceptors (Lipinski definition) is 4. The van der Waals surface area contributed by atoms with Crippen molar-refractivity contribution in [3.63, 3.8) is 0 Å². The number of fused-ring (bicyclic) bond motifs is 1. The van der Waals surface area contributed by atoms with Crippen LogP contribution in [0, 0.1) is 0 Å². The summed E-state index contributed by atoms with van der Waals surface area (Å²) in [4.78, 5) is 19.7. The number of aromatic nitrogens is 1. The highest BCUT2D eigenvalue weighted by atomic mass is 16.2. The van der Waals surface area contributed by atoms with Crippen LogP contribution in [0.25, 0.3) is 10.9 Å². The van der Waals surface area contributed by atoms with Gasteiger partial charge in [-0.25, -0.2) is 0 Å². The molecule has 2 aliphatic heterocycles. The van der Waals surface area contributed by atoms with Gasteiger partial charge in [-0.3, -0.25) is 4.79 Å². The molecule has 3 heterocycles. The van der Waals surface area contributed by atoms with Crippen LogP contribution in [0.1, 0.15) is 37.0 Å². The Bertz CT molecular complexity index is 1110. The van der Waals surface area contributed by atoms with Crippen molar-refractivity contribution in [2.75, 3.05) is 50.7 Å². The second kappa shape index (κ2) is 10.8. The van der Waals surface area contributed by atoms with Crippen molar-refractivity contribution in [2.45, 2.75) is 45.3 Å². The van der Waals surface area contributed by atoms with Gasteiger partial charge in [0.25, 0.3) is 5.91 Å². The molecule has 0 radical (unpaired) electrons. The van der Waals surface area contributed by atoms with Gasteiger partial charge in [0, 0.05) is 80.9 Å². The predicted molar refractivity (Wildman–Crippen MR) is 144 cm³/mol. The first-order chi connectivity index (χ1) is 17.1. The van der Waals surface area contributed by atoms with E-state index in [1.54, 1.807) is 0 Å². The molecule has 0 unspecified atom stereocenters. The molecule has 1 amide bonds. The van der Waals surface area contributed by atoms with Crippen molar-refractivity contribution >= 4 is 22.5 Å². The first-order valence-electron chi connectivity index (χ1n) is 13.3. The number of rotatable bonds is 7. The van der Waals surface area contributed by atoms with E-state index in [1.807, 2.05) is 17.0 Å². The smallest absolute Gasteiger partial charge is 0.253 e. The maximum atomic E-state index is 12.9. The molecule has 5 rings (SSSR count). The molecule has 35 heavy (non-hydrogen) atoms. The van der Waals surface area contributed by atoms with Crippen LogP contribution in [0.5, 0.6) is 0 Å². The lowest BCUT2D eigenvalue weighted by Crippen LogP contribution is -2.48. The number of piperazine rings is 1. The van der Waals surface area contributed by atoms with Crippen LogP contribution >= 0.6 is 0 Å². The number of para-hydroxylation sites is 1. The molecule has 6 heteroatoms. The third kappa shape index (κ3) is 5.54. The van der Waals surface area contributed by atoms with E-state index in [2.05, 4.69) is 82.2 Å². The zero-order valence-corrected chi connectivity index (χ0v) is 21.2. The topological polar surface area (TPSA) is 43.8 Å². The summed E-state index contributed by atoms with van der Waals surface area (Å²) in [5, 5.41) is 5.17. The largest absolute Gasteiger partial charge is 0.371 e. The van der Waals surface area contributed by atoms with Crippen molar-refractivity contribution in [1.29, 1.82) is 0 Å². The van der Waals surface area contributed by atoms with E-state index in [4.69, 9.17) is 0 Å². The number of benzene rings is 2. The highest BCUT2D eigenvalue weighted by molar-refractivity contribution is 5.94. The first-order valence-corrected chi connectivity index (χ1v) is 13.3. The maximum absolute atomic E-state index is 12.9. The van der Waals surface area contributed by atoms with Crippen molar-refractivity contribution in [3.05, 3.63) is 66.4 Å². The highest BCUT2D eigenvalue weighted by Crippen LogP contribution is 2.22. The Hall–Kier alpha value is -2.83. The number of anilines is 1. The van der Waals surface area contributed by atoms with E-state index in [1.165, 1.54) is 16.6 Å². The van der Waals surface area contributed by atoms with Gasteiger partial charge in [0.1, 0.15) is 0 Å². The van der Waals surface area contributed by atoms with Gasteiger partial charge in [0.05, 0.1) is 0 Å². The number of amides is 1. The molecule has 186 valence electrons. The third-order valence-corrected chi connectivity index (χ3v) is 7.75. The van der Waals surface area contributed by atoms with Gasteiger partial charge < -0.3 is 24.6 Å². The minimum atomic E-state index is 0.166. The monoisotopic (exact) mass is 473 g/mol. The lowest BCUT2D eigenvalue weighted by atomic mass is 10.0. The standard InChI is InChI=1S/C29H39N5O/c1-3-31-18-20-33(21-19-31)29(35)25-8-10-27(11-9-25)32-16-13-26(14-17-32)30-23(2)22-34-15-12-24-6-4-5-7-28(24)34/h4-12,15,23,26,30H,3,13-14,16-22H2,1-2H3/t23-/m1/s1. The molecule has 0 spiro atoms. The molecule has 6 nitrogen and oxygen atoms in total. The van der Waals surface area contributed by atoms with E-state index in [0.29, 0.717) is 12.1 Å². The second-order valence-corrected chi connectivity index (χ2v) is 10.1. The second-order valence-electron chi connectivity index (χ2n) is 10.1. The van der Waals surface area contributed by atoms with Crippen molar-refractivity contribution in [1.82, 2.24) is 19.7 Å². The van der Waals surface area contributed by atoms with E-state index in [0.717, 1.165) is 70.8 Å². The highest BCUT2D eigenvalue weighted by Gasteiger charge is 2.23. The molecule has 2 aliphatic rings. The Morgan fingerprint density at radius 2 is 1.66 bits per heavy atom. The summed E-state index contributed by atoms with van der Waals surface area (Å²) in [5.74, 6) is 0.166. The number of nitrogens with one attached hydrogen (secondary N) is 1. The molecule has 2 fully saturated rings. The zero-order chi connectivity index (χ0) is 24.2. The fraction of sp³-hybridized carbons (Fsp3) is 0.483. The summed E-state index contributed by atoms with van der Waals surface area (Å²) in [6.07, 6.45) is 4.48. The zero-order valence-electron chi connectivity index (χ0n) is 21.2. The molecular weight excluding hydrogens is 434 g/mol. The summed E-state index contributed by atoms with van der Waals surface area (Å²) in [5.41, 5.74) is 3.34. The van der Waals surface area contributed by atoms with E-state index < -0.39 is 0 Å². The van der Waals surface area contributed by atoms with Crippen LogP contribution in [0.2, 0.25) is 0 Å². The average molecular weight is 474 g/mol. The molecule has 2 aromatic carbocycles. The van der Waals surface area contributed by atoms with Crippen LogP contribution in [0.4, 0.5) is 5.69 Å². The lowest BCUT2D eigenvalue weighted by Gasteiger charge is -2.36. The summed E-state index contributed by atoms with van der Waals surface area (Å²) in [6.45, 7) is 12.2. The summed E-state index contributed by atoms with van der Waals surface area (Å²) in [6, 6.07) is 20.0. The van der Waals surface area contributed by atoms with Gasteiger partial charge in [-0.1, -0.05) is 25.1 Å². The van der Waals surface area contributed by atoms with Gasteiger partial charge in [0.2, 0.25) is 0 Å². The Kier molecular flexibility index (Phi) is 7.40. The number of piperidine rings is 1. The molecule has 0 saturated carbocycles. The number of carbonyl (C=O) groups is 1. The minimum Gasteiger partial charge on any atom is -0.371 e. The van der Waals surface area contributed by atoms with E-state index >= 15 is 0 Å². The quantitative estimate of drug-likeness (QED) is 0.562. The van der Waals surface area contributed by atoms with Crippen molar-refractivity contribution < 1.29 is 4.79 Å². The molecular formula is C29H39N5O. The van der Waals surface area contributed by atoms with Gasteiger partial charge in [0.15, 0.2) is 0 Å². The van der Waals surface area contributed by atoms with Crippen LogP contribution in [-0.4, -0.2) is 78.2 Å². The molecule has 0 aliphatic carbocycles. The SMILES string of the molecule is CCN1CCN(C(=O)c2ccc(N3CCC(N[C@H](C)Cn4ccc5ccccc54)CC3)cc2)CC1. The average Bonchev–Trinajstić information content (AvgIpc) is 3.31. The number of likely N-dealkylation sites (N-methyl/N-ethyl adjacent to an activating group) is 1. The number of nitrogens with zero attached hydrogens (tertiary/aromatic N) is 4. The van der Waals surface area contributed by atoms with Crippen LogP contribution in [0.15, 0.2) is 60.8 Å². The van der Waals surface area contributed by atoms with Crippen LogP contribution in [-0.2, 0) is 6.54 Å². The van der Waals surface area contributed by atoms with Crippen molar-refractivity contribution in [2.24, 2.45) is 0 Å². The Morgan fingerprint density at radius 1 is 0.943 bits per heavy atom. The van der Waals surface area contributed by atoms with Gasteiger partial charge >= 0.3 is 0 Å². The lowest BCUT2D eigenvalue weighted by molar-refractivity contribution is 0.0643. The van der Waals surface area contributed by atoms with Crippen molar-refractivity contribution in [3.8, 4) is 0 Å². The molecule has 2 saturated heterocycles. The summed E-state index contributed by atoms with van der Waals surface area (Å²) < 4.78 is 2.36. The van der Waals surface area contributed by atoms with Gasteiger partial charge in [-0.05, 0) is 68.1 Å². The van der Waals surface area contributed by atoms with E-state index in [-0.39, 0.29) is 5.91 Å². The third-order valence-electron chi connectivity index (χ3n) is 7.75. The summed E-state index contributed by atoms with van der Waals surface area (Å²) in [7, 11) is 0. The molecule has 1 atom stereocenters. The molecule has 1 aromatic heterocycles. The Balaban J connectivity index is 1.10. The Labute approximate surface area is 209 Å². The van der Waals surface area contributed by atoms with Crippen LogP contribution in [0.3, 0.4) is 0 Å².